The van der Waals surface area contributed by atoms with Crippen LogP contribution < -0.4 is 5.32 Å². The van der Waals surface area contributed by atoms with E-state index in [0.29, 0.717) is 36.2 Å². The summed E-state index contributed by atoms with van der Waals surface area (Å²) in [6, 6.07) is 8.26. The minimum Gasteiger partial charge on any atom is -0.345 e. The lowest BCUT2D eigenvalue weighted by molar-refractivity contribution is -0.131. The maximum Gasteiger partial charge on any atom is 0.253 e. The fourth-order valence-corrected chi connectivity index (χ4v) is 7.84. The highest BCUT2D eigenvalue weighted by molar-refractivity contribution is 5.95. The summed E-state index contributed by atoms with van der Waals surface area (Å²) in [5, 5.41) is 28.6. The molecule has 4 heterocycles. The number of aromatic nitrogens is 4. The van der Waals surface area contributed by atoms with Crippen molar-refractivity contribution in [3.63, 3.8) is 0 Å². The van der Waals surface area contributed by atoms with Crippen molar-refractivity contribution in [3.8, 4) is 6.07 Å². The number of fused-ring (bicyclic) bond motifs is 2. The Morgan fingerprint density at radius 1 is 1.18 bits per heavy atom. The summed E-state index contributed by atoms with van der Waals surface area (Å²) in [6.45, 7) is 16.6. The van der Waals surface area contributed by atoms with Gasteiger partial charge in [0.2, 0.25) is 12.3 Å². The molecule has 5 atom stereocenters. The number of piperidine rings is 1. The lowest BCUT2D eigenvalue weighted by atomic mass is 9.69. The van der Waals surface area contributed by atoms with E-state index in [2.05, 4.69) is 83.3 Å². The normalized spacial score (nSPS) is 26.4. The molecule has 4 unspecified atom stereocenters. The third kappa shape index (κ3) is 6.95. The molecular weight excluding hydrogens is 618 g/mol. The molecule has 12 heteroatoms. The lowest BCUT2D eigenvalue weighted by Gasteiger charge is -2.35. The molecule has 0 radical (unpaired) electrons. The molecule has 2 N–H and O–H groups in total. The molecule has 0 bridgehead atoms. The van der Waals surface area contributed by atoms with Crippen LogP contribution in [-0.2, 0) is 21.4 Å². The summed E-state index contributed by atoms with van der Waals surface area (Å²) in [5.74, 6) is 1.58. The van der Waals surface area contributed by atoms with E-state index in [9.17, 15) is 19.6 Å². The summed E-state index contributed by atoms with van der Waals surface area (Å²) in [7, 11) is 0. The molecule has 1 aromatic carbocycles. The fraction of sp³-hybridized carbons (Fsp3) is 0.541. The van der Waals surface area contributed by atoms with Gasteiger partial charge >= 0.3 is 0 Å². The second-order valence-corrected chi connectivity index (χ2v) is 13.4. The number of benzene rings is 1. The van der Waals surface area contributed by atoms with E-state index in [1.54, 1.807) is 4.90 Å². The Bertz CT molecular complexity index is 1600. The number of tetrazole rings is 1. The van der Waals surface area contributed by atoms with Gasteiger partial charge in [0.1, 0.15) is 6.04 Å². The molecule has 0 spiro atoms. The van der Waals surface area contributed by atoms with Crippen LogP contribution in [0.15, 0.2) is 54.7 Å². The van der Waals surface area contributed by atoms with Gasteiger partial charge in [0.25, 0.3) is 5.91 Å². The number of aryl methyl sites for hydroxylation is 1. The second-order valence-electron chi connectivity index (χ2n) is 13.4. The van der Waals surface area contributed by atoms with Gasteiger partial charge in [0, 0.05) is 37.8 Å². The Morgan fingerprint density at radius 2 is 1.94 bits per heavy atom. The zero-order chi connectivity index (χ0) is 35.1. The molecule has 3 saturated heterocycles. The minimum atomic E-state index is -0.693. The monoisotopic (exact) mass is 667 g/mol. The summed E-state index contributed by atoms with van der Waals surface area (Å²) < 4.78 is 0. The van der Waals surface area contributed by atoms with Crippen molar-refractivity contribution in [2.45, 2.75) is 76.8 Å². The first-order chi connectivity index (χ1) is 23.8. The van der Waals surface area contributed by atoms with Gasteiger partial charge in [-0.2, -0.15) is 10.5 Å². The first kappa shape index (κ1) is 35.7. The van der Waals surface area contributed by atoms with E-state index in [-0.39, 0.29) is 30.4 Å². The molecule has 2 aromatic rings. The van der Waals surface area contributed by atoms with E-state index in [0.717, 1.165) is 75.0 Å². The van der Waals surface area contributed by atoms with Crippen molar-refractivity contribution >= 4 is 18.2 Å². The number of allylic oxidation sites excluding steroid dienone is 4. The van der Waals surface area contributed by atoms with Gasteiger partial charge < -0.3 is 20.0 Å². The Labute approximate surface area is 289 Å². The number of nitriles is 1. The summed E-state index contributed by atoms with van der Waals surface area (Å²) >= 11 is 0. The highest BCUT2D eigenvalue weighted by atomic mass is 16.2. The number of amides is 3. The smallest absolute Gasteiger partial charge is 0.253 e. The molecule has 3 aliphatic heterocycles. The quantitative estimate of drug-likeness (QED) is 0.234. The van der Waals surface area contributed by atoms with Crippen LogP contribution in [0.2, 0.25) is 0 Å². The van der Waals surface area contributed by atoms with Crippen molar-refractivity contribution in [2.75, 3.05) is 39.3 Å². The number of hydrogen-bond donors (Lipinski definition) is 2. The number of carbonyl (C=O) groups excluding carboxylic acids is 3. The van der Waals surface area contributed by atoms with Crippen molar-refractivity contribution in [1.82, 2.24) is 40.6 Å². The van der Waals surface area contributed by atoms with Crippen molar-refractivity contribution in [2.24, 2.45) is 11.8 Å². The number of rotatable bonds is 9. The third-order valence-corrected chi connectivity index (χ3v) is 10.9. The highest BCUT2D eigenvalue weighted by Crippen LogP contribution is 2.53. The second kappa shape index (κ2) is 15.7. The molecule has 5 aliphatic rings. The van der Waals surface area contributed by atoms with Gasteiger partial charge in [-0.3, -0.25) is 14.4 Å². The molecule has 4 fully saturated rings. The topological polar surface area (TPSA) is 151 Å². The van der Waals surface area contributed by atoms with Gasteiger partial charge in [0.15, 0.2) is 5.82 Å². The number of aromatic amines is 1. The number of likely N-dealkylation sites (tertiary alicyclic amines) is 3. The SMILES string of the molecule is C/C=C\C1=C(C)C(CCNCC(=O)N2C(C#N)CC3C2[C@H]3C)(c2nn[nH]n2)c2ccc(C(=O)N3CCC3)cc2CC1.C=C.O=CN1CCC1. The van der Waals surface area contributed by atoms with Crippen LogP contribution in [0.25, 0.3) is 0 Å². The third-order valence-electron chi connectivity index (χ3n) is 10.9. The number of H-pyrrole nitrogens is 1. The molecule has 3 amide bonds. The van der Waals surface area contributed by atoms with Crippen LogP contribution in [0.4, 0.5) is 0 Å². The number of nitrogens with one attached hydrogen (secondary N) is 2. The molecule has 260 valence electrons. The minimum absolute atomic E-state index is 0.0145. The first-order valence-electron chi connectivity index (χ1n) is 17.4. The maximum atomic E-state index is 13.2. The zero-order valence-corrected chi connectivity index (χ0v) is 29.0. The van der Waals surface area contributed by atoms with E-state index < -0.39 is 5.41 Å². The lowest BCUT2D eigenvalue weighted by Crippen LogP contribution is -2.44. The number of nitrogens with zero attached hydrogens (tertiary/aromatic N) is 7. The Kier molecular flexibility index (Phi) is 11.4. The van der Waals surface area contributed by atoms with Crippen LogP contribution in [0, 0.1) is 23.2 Å². The largest absolute Gasteiger partial charge is 0.345 e. The number of hydrogen-bond acceptors (Lipinski definition) is 8. The summed E-state index contributed by atoms with van der Waals surface area (Å²) in [6.07, 6.45) is 10.4. The first-order valence-corrected chi connectivity index (χ1v) is 17.4. The predicted molar refractivity (Wildman–Crippen MR) is 186 cm³/mol. The van der Waals surface area contributed by atoms with Gasteiger partial charge in [-0.15, -0.1) is 23.4 Å². The van der Waals surface area contributed by atoms with Crippen molar-refractivity contribution in [1.29, 1.82) is 5.26 Å². The van der Waals surface area contributed by atoms with Crippen LogP contribution in [0.3, 0.4) is 0 Å². The molecule has 12 nitrogen and oxygen atoms in total. The molecule has 49 heavy (non-hydrogen) atoms. The molecule has 1 aromatic heterocycles. The van der Waals surface area contributed by atoms with Gasteiger partial charge in [-0.25, -0.2) is 0 Å². The molecule has 7 rings (SSSR count). The van der Waals surface area contributed by atoms with Crippen LogP contribution in [0.5, 0.6) is 0 Å². The standard InChI is InChI=1S/C31H38N8O2.C4H7NO.C2H4/c1-4-6-21-7-8-22-15-23(29(41)38-13-5-14-38)9-10-26(22)31(20(21)3,30-34-36-37-35-30)11-12-33-18-27(40)39-24(17-32)16-25-19(2)28(25)39;6-4-5-2-1-3-5;1-2/h4,6,9-10,15,19,24-25,28,33H,5,7-8,11-14,16,18H2,1-3H3,(H,34,35,36,37);4H,1-3H2;1-2H2/b6-4-;;/t19-,24?,25?,28?,31?;;/m0../s1. The molecule has 1 saturated carbocycles. The maximum absolute atomic E-state index is 13.2. The summed E-state index contributed by atoms with van der Waals surface area (Å²) in [4.78, 5) is 41.5. The average molecular weight is 668 g/mol. The van der Waals surface area contributed by atoms with Crippen LogP contribution >= 0.6 is 0 Å². The van der Waals surface area contributed by atoms with Crippen LogP contribution in [0.1, 0.15) is 80.2 Å². The van der Waals surface area contributed by atoms with E-state index in [1.165, 1.54) is 12.0 Å². The zero-order valence-electron chi connectivity index (χ0n) is 29.0. The van der Waals surface area contributed by atoms with E-state index in [1.807, 2.05) is 22.8 Å². The van der Waals surface area contributed by atoms with Crippen molar-refractivity contribution in [3.05, 3.63) is 77.2 Å². The van der Waals surface area contributed by atoms with Gasteiger partial charge in [-0.1, -0.05) is 35.9 Å². The van der Waals surface area contributed by atoms with E-state index in [4.69, 9.17) is 0 Å². The van der Waals surface area contributed by atoms with Crippen LogP contribution in [-0.4, -0.2) is 105 Å². The predicted octanol–water partition coefficient (Wildman–Crippen LogP) is 3.56. The van der Waals surface area contributed by atoms with Gasteiger partial charge in [-0.05, 0) is 99.6 Å². The fourth-order valence-electron chi connectivity index (χ4n) is 7.84. The Balaban J connectivity index is 0.000000522. The average Bonchev–Trinajstić information content (AvgIpc) is 3.43. The number of carbonyl (C=O) groups is 3. The summed E-state index contributed by atoms with van der Waals surface area (Å²) in [5.41, 5.74) is 4.56. The van der Waals surface area contributed by atoms with Crippen molar-refractivity contribution < 1.29 is 14.4 Å². The van der Waals surface area contributed by atoms with Gasteiger partial charge in [0.05, 0.1) is 18.0 Å². The Morgan fingerprint density at radius 3 is 2.51 bits per heavy atom. The molecular formula is C37H49N9O3. The molecule has 2 aliphatic carbocycles. The Hall–Kier alpha value is -4.63. The van der Waals surface area contributed by atoms with E-state index >= 15 is 0 Å². The highest BCUT2D eigenvalue weighted by Gasteiger charge is 2.60.